The summed E-state index contributed by atoms with van der Waals surface area (Å²) >= 11 is 0. The van der Waals surface area contributed by atoms with Crippen LogP contribution in [0.1, 0.15) is 37.3 Å². The summed E-state index contributed by atoms with van der Waals surface area (Å²) in [7, 11) is 0. The zero-order valence-corrected chi connectivity index (χ0v) is 16.2. The molecule has 2 amide bonds. The predicted molar refractivity (Wildman–Crippen MR) is 101 cm³/mol. The topological polar surface area (TPSA) is 87.2 Å². The van der Waals surface area contributed by atoms with Crippen LogP contribution in [0, 0.1) is 13.8 Å². The fourth-order valence-electron chi connectivity index (χ4n) is 3.54. The quantitative estimate of drug-likeness (QED) is 0.820. The van der Waals surface area contributed by atoms with Crippen molar-refractivity contribution in [2.45, 2.75) is 46.1 Å². The van der Waals surface area contributed by atoms with Crippen LogP contribution in [-0.2, 0) is 14.4 Å². The highest BCUT2D eigenvalue weighted by atomic mass is 16.5. The van der Waals surface area contributed by atoms with Crippen LogP contribution < -0.4 is 4.74 Å². The average molecular weight is 376 g/mol. The lowest BCUT2D eigenvalue weighted by molar-refractivity contribution is -0.145. The van der Waals surface area contributed by atoms with Gasteiger partial charge in [0.05, 0.1) is 0 Å². The van der Waals surface area contributed by atoms with E-state index in [-0.39, 0.29) is 31.0 Å². The molecule has 7 heteroatoms. The Morgan fingerprint density at radius 1 is 1.19 bits per heavy atom. The van der Waals surface area contributed by atoms with Gasteiger partial charge >= 0.3 is 5.97 Å². The lowest BCUT2D eigenvalue weighted by atomic mass is 10.1. The van der Waals surface area contributed by atoms with Crippen molar-refractivity contribution in [3.8, 4) is 5.75 Å². The summed E-state index contributed by atoms with van der Waals surface area (Å²) in [6.07, 6.45) is 1.99. The molecule has 1 fully saturated rings. The summed E-state index contributed by atoms with van der Waals surface area (Å²) in [5.74, 6) is -0.626. The van der Waals surface area contributed by atoms with Crippen LogP contribution in [0.2, 0.25) is 0 Å². The first-order valence-corrected chi connectivity index (χ1v) is 9.25. The van der Waals surface area contributed by atoms with E-state index in [9.17, 15) is 14.4 Å². The molecule has 0 spiro atoms. The zero-order chi connectivity index (χ0) is 20.0. The molecule has 1 heterocycles. The molecule has 1 aromatic rings. The molecule has 148 valence electrons. The maximum Gasteiger partial charge on any atom is 0.323 e. The molecule has 0 aromatic heterocycles. The van der Waals surface area contributed by atoms with E-state index in [1.165, 1.54) is 11.8 Å². The Morgan fingerprint density at radius 3 is 2.44 bits per heavy atom. The minimum atomic E-state index is -1.02. The van der Waals surface area contributed by atoms with E-state index in [0.29, 0.717) is 25.9 Å². The molecule has 0 bridgehead atoms. The standard InChI is InChI=1S/C20H28N2O5/c1-14-6-4-7-15(2)20(14)27-13-18(24)21-10-5-8-17(9-11-21)22(16(3)23)12-19(25)26/h4,6-7,17H,5,8-13H2,1-3H3,(H,25,26). The van der Waals surface area contributed by atoms with Crippen molar-refractivity contribution in [2.24, 2.45) is 0 Å². The summed E-state index contributed by atoms with van der Waals surface area (Å²) in [5, 5.41) is 9.02. The number of aryl methyl sites for hydroxylation is 2. The van der Waals surface area contributed by atoms with Gasteiger partial charge in [-0.15, -0.1) is 0 Å². The van der Waals surface area contributed by atoms with E-state index >= 15 is 0 Å². The second-order valence-electron chi connectivity index (χ2n) is 7.02. The van der Waals surface area contributed by atoms with Gasteiger partial charge in [-0.3, -0.25) is 14.4 Å². The lowest BCUT2D eigenvalue weighted by Crippen LogP contribution is -2.43. The van der Waals surface area contributed by atoms with Crippen molar-refractivity contribution in [1.82, 2.24) is 9.80 Å². The summed E-state index contributed by atoms with van der Waals surface area (Å²) in [5.41, 5.74) is 1.98. The molecule has 1 aliphatic rings. The monoisotopic (exact) mass is 376 g/mol. The number of benzene rings is 1. The number of carboxylic acid groups (broad SMARTS) is 1. The minimum Gasteiger partial charge on any atom is -0.483 e. The first-order valence-electron chi connectivity index (χ1n) is 9.25. The van der Waals surface area contributed by atoms with Gasteiger partial charge in [0.2, 0.25) is 5.91 Å². The number of hydrogen-bond donors (Lipinski definition) is 1. The number of likely N-dealkylation sites (tertiary alicyclic amines) is 1. The number of rotatable bonds is 6. The number of aliphatic carboxylic acids is 1. The summed E-state index contributed by atoms with van der Waals surface area (Å²) in [4.78, 5) is 38.5. The highest BCUT2D eigenvalue weighted by molar-refractivity contribution is 5.80. The van der Waals surface area contributed by atoms with Gasteiger partial charge in [-0.1, -0.05) is 18.2 Å². The van der Waals surface area contributed by atoms with E-state index in [0.717, 1.165) is 23.3 Å². The van der Waals surface area contributed by atoms with E-state index in [1.54, 1.807) is 4.90 Å². The molecule has 0 aliphatic carbocycles. The van der Waals surface area contributed by atoms with Crippen molar-refractivity contribution in [2.75, 3.05) is 26.2 Å². The third kappa shape index (κ3) is 5.70. The predicted octanol–water partition coefficient (Wildman–Crippen LogP) is 2.00. The van der Waals surface area contributed by atoms with Crippen LogP contribution in [-0.4, -0.2) is 65.0 Å². The van der Waals surface area contributed by atoms with Crippen LogP contribution in [0.15, 0.2) is 18.2 Å². The summed E-state index contributed by atoms with van der Waals surface area (Å²) in [6, 6.07) is 5.69. The Hall–Kier alpha value is -2.57. The van der Waals surface area contributed by atoms with Crippen molar-refractivity contribution < 1.29 is 24.2 Å². The molecule has 0 saturated carbocycles. The van der Waals surface area contributed by atoms with E-state index in [2.05, 4.69) is 0 Å². The van der Waals surface area contributed by atoms with Gasteiger partial charge in [-0.2, -0.15) is 0 Å². The van der Waals surface area contributed by atoms with Crippen molar-refractivity contribution in [1.29, 1.82) is 0 Å². The van der Waals surface area contributed by atoms with E-state index in [4.69, 9.17) is 9.84 Å². The number of amides is 2. The van der Waals surface area contributed by atoms with Crippen molar-refractivity contribution in [3.05, 3.63) is 29.3 Å². The first-order chi connectivity index (χ1) is 12.8. The molecule has 27 heavy (non-hydrogen) atoms. The van der Waals surface area contributed by atoms with Crippen molar-refractivity contribution in [3.63, 3.8) is 0 Å². The third-order valence-corrected chi connectivity index (χ3v) is 4.95. The fourth-order valence-corrected chi connectivity index (χ4v) is 3.54. The molecule has 1 aliphatic heterocycles. The van der Waals surface area contributed by atoms with Gasteiger partial charge in [0.15, 0.2) is 6.61 Å². The Kier molecular flexibility index (Phi) is 7.21. The third-order valence-electron chi connectivity index (χ3n) is 4.95. The number of hydrogen-bond acceptors (Lipinski definition) is 4. The molecule has 0 radical (unpaired) electrons. The molecule has 1 aromatic carbocycles. The summed E-state index contributed by atoms with van der Waals surface area (Å²) in [6.45, 7) is 6.03. The van der Waals surface area contributed by atoms with Crippen LogP contribution in [0.4, 0.5) is 0 Å². The van der Waals surface area contributed by atoms with Crippen LogP contribution in [0.5, 0.6) is 5.75 Å². The SMILES string of the molecule is CC(=O)N(CC(=O)O)C1CCCN(C(=O)COc2c(C)cccc2C)CC1. The maximum atomic E-state index is 12.6. The Bertz CT molecular complexity index is 683. The highest BCUT2D eigenvalue weighted by Gasteiger charge is 2.27. The second-order valence-corrected chi connectivity index (χ2v) is 7.02. The Morgan fingerprint density at radius 2 is 1.85 bits per heavy atom. The minimum absolute atomic E-state index is 0.0259. The Balaban J connectivity index is 1.94. The fraction of sp³-hybridized carbons (Fsp3) is 0.550. The van der Waals surface area contributed by atoms with Gasteiger partial charge < -0.3 is 19.6 Å². The van der Waals surface area contributed by atoms with Crippen LogP contribution >= 0.6 is 0 Å². The van der Waals surface area contributed by atoms with Gasteiger partial charge in [-0.25, -0.2) is 0 Å². The van der Waals surface area contributed by atoms with Gasteiger partial charge in [0.1, 0.15) is 12.3 Å². The lowest BCUT2D eigenvalue weighted by Gasteiger charge is -2.28. The van der Waals surface area contributed by atoms with E-state index in [1.807, 2.05) is 32.0 Å². The Labute approximate surface area is 159 Å². The number of carboxylic acids is 1. The molecule has 1 saturated heterocycles. The van der Waals surface area contributed by atoms with Gasteiger partial charge in [0.25, 0.3) is 5.91 Å². The average Bonchev–Trinajstić information content (AvgIpc) is 2.84. The number of para-hydroxylation sites is 1. The zero-order valence-electron chi connectivity index (χ0n) is 16.2. The first kappa shape index (κ1) is 20.7. The maximum absolute atomic E-state index is 12.6. The highest BCUT2D eigenvalue weighted by Crippen LogP contribution is 2.23. The largest absolute Gasteiger partial charge is 0.483 e. The van der Waals surface area contributed by atoms with Gasteiger partial charge in [-0.05, 0) is 44.2 Å². The molecule has 7 nitrogen and oxygen atoms in total. The number of carbonyl (C=O) groups excluding carboxylic acids is 2. The van der Waals surface area contributed by atoms with Gasteiger partial charge in [0, 0.05) is 26.1 Å². The number of nitrogens with zero attached hydrogens (tertiary/aromatic N) is 2. The van der Waals surface area contributed by atoms with Crippen LogP contribution in [0.3, 0.4) is 0 Å². The van der Waals surface area contributed by atoms with Crippen molar-refractivity contribution >= 4 is 17.8 Å². The molecule has 1 N–H and O–H groups in total. The smallest absolute Gasteiger partial charge is 0.323 e. The van der Waals surface area contributed by atoms with Crippen LogP contribution in [0.25, 0.3) is 0 Å². The molecule has 1 unspecified atom stereocenters. The normalized spacial score (nSPS) is 17.1. The molecular weight excluding hydrogens is 348 g/mol. The molecule has 2 rings (SSSR count). The number of carbonyl (C=O) groups is 3. The molecule has 1 atom stereocenters. The molecular formula is C20H28N2O5. The van der Waals surface area contributed by atoms with E-state index < -0.39 is 5.97 Å². The summed E-state index contributed by atoms with van der Waals surface area (Å²) < 4.78 is 5.76. The second kappa shape index (κ2) is 9.39. The number of ether oxygens (including phenoxy) is 1.